The number of hydrogen-bond donors (Lipinski definition) is 2. The van der Waals surface area contributed by atoms with Gasteiger partial charge < -0.3 is 21.3 Å². The van der Waals surface area contributed by atoms with E-state index in [0.29, 0.717) is 0 Å². The first-order chi connectivity index (χ1) is 14.7. The Kier molecular flexibility index (Phi) is 4.43. The molecule has 0 atom stereocenters. The van der Waals surface area contributed by atoms with Crippen molar-refractivity contribution >= 4 is 22.7 Å². The van der Waals surface area contributed by atoms with Gasteiger partial charge in [-0.2, -0.15) is 0 Å². The van der Waals surface area contributed by atoms with Gasteiger partial charge in [0.15, 0.2) is 0 Å². The highest BCUT2D eigenvalue weighted by atomic mass is 15.3. The van der Waals surface area contributed by atoms with Gasteiger partial charge in [0, 0.05) is 26.2 Å². The Morgan fingerprint density at radius 3 is 1.27 bits per heavy atom. The van der Waals surface area contributed by atoms with Crippen LogP contribution in [0, 0.1) is 0 Å². The van der Waals surface area contributed by atoms with E-state index in [-0.39, 0.29) is 0 Å². The van der Waals surface area contributed by atoms with Crippen LogP contribution in [-0.4, -0.2) is 55.7 Å². The average molecular weight is 402 g/mol. The molecular formula is C20H22N10. The first kappa shape index (κ1) is 18.0. The number of anilines is 4. The smallest absolute Gasteiger partial charge is 0.123 e. The number of nitrogens with zero attached hydrogens (tertiary/aromatic N) is 8. The normalized spacial score (nSPS) is 14.3. The number of rotatable bonds is 4. The molecule has 0 unspecified atom stereocenters. The lowest BCUT2D eigenvalue weighted by Gasteiger charge is -2.38. The van der Waals surface area contributed by atoms with Gasteiger partial charge in [-0.05, 0) is 36.4 Å². The standard InChI is InChI=1S/C20H22N10/c21-17-9-15(29-11-23-24-12-29)1-3-19(17)27-5-7-28(8-6-27)20-4-2-16(10-18(20)22)30-13-25-26-14-30/h1-4,9-14H,5-8,21-22H2. The topological polar surface area (TPSA) is 120 Å². The van der Waals surface area contributed by atoms with E-state index in [4.69, 9.17) is 11.5 Å². The molecule has 1 fully saturated rings. The van der Waals surface area contributed by atoms with E-state index in [1.165, 1.54) is 0 Å². The molecule has 0 aliphatic carbocycles. The van der Waals surface area contributed by atoms with Crippen molar-refractivity contribution in [2.75, 3.05) is 47.4 Å². The Bertz CT molecular complexity index is 1040. The van der Waals surface area contributed by atoms with E-state index in [0.717, 1.165) is 60.3 Å². The first-order valence-electron chi connectivity index (χ1n) is 9.68. The highest BCUT2D eigenvalue weighted by molar-refractivity contribution is 5.73. The predicted octanol–water partition coefficient (Wildman–Crippen LogP) is 1.34. The molecule has 0 radical (unpaired) electrons. The first-order valence-corrected chi connectivity index (χ1v) is 9.68. The van der Waals surface area contributed by atoms with Gasteiger partial charge in [-0.1, -0.05) is 0 Å². The summed E-state index contributed by atoms with van der Waals surface area (Å²) >= 11 is 0. The summed E-state index contributed by atoms with van der Waals surface area (Å²) in [6.07, 6.45) is 6.64. The molecule has 2 aromatic heterocycles. The fraction of sp³-hybridized carbons (Fsp3) is 0.200. The predicted molar refractivity (Wildman–Crippen MR) is 116 cm³/mol. The Morgan fingerprint density at radius 2 is 0.933 bits per heavy atom. The molecule has 30 heavy (non-hydrogen) atoms. The van der Waals surface area contributed by atoms with Crippen LogP contribution < -0.4 is 21.3 Å². The monoisotopic (exact) mass is 402 g/mol. The Morgan fingerprint density at radius 1 is 0.567 bits per heavy atom. The Balaban J connectivity index is 1.29. The summed E-state index contributed by atoms with van der Waals surface area (Å²) in [5, 5.41) is 15.4. The molecule has 0 amide bonds. The number of piperazine rings is 1. The molecule has 1 aliphatic rings. The zero-order valence-corrected chi connectivity index (χ0v) is 16.3. The van der Waals surface area contributed by atoms with Crippen molar-refractivity contribution in [3.63, 3.8) is 0 Å². The van der Waals surface area contributed by atoms with Gasteiger partial charge in [0.2, 0.25) is 0 Å². The molecule has 10 nitrogen and oxygen atoms in total. The van der Waals surface area contributed by atoms with Crippen molar-refractivity contribution in [1.82, 2.24) is 29.5 Å². The Labute approximate surface area is 173 Å². The summed E-state index contributed by atoms with van der Waals surface area (Å²) in [6, 6.07) is 12.1. The summed E-state index contributed by atoms with van der Waals surface area (Å²) in [6.45, 7) is 3.46. The summed E-state index contributed by atoms with van der Waals surface area (Å²) < 4.78 is 3.68. The molecular weight excluding hydrogens is 380 g/mol. The van der Waals surface area contributed by atoms with Gasteiger partial charge in [-0.3, -0.25) is 9.13 Å². The van der Waals surface area contributed by atoms with Gasteiger partial charge in [0.1, 0.15) is 25.3 Å². The van der Waals surface area contributed by atoms with Crippen molar-refractivity contribution in [2.24, 2.45) is 0 Å². The van der Waals surface area contributed by atoms with Gasteiger partial charge in [0.25, 0.3) is 0 Å². The van der Waals surface area contributed by atoms with Crippen LogP contribution >= 0.6 is 0 Å². The van der Waals surface area contributed by atoms with E-state index in [9.17, 15) is 0 Å². The fourth-order valence-corrected chi connectivity index (χ4v) is 3.84. The third-order valence-electron chi connectivity index (χ3n) is 5.42. The maximum absolute atomic E-state index is 6.35. The lowest BCUT2D eigenvalue weighted by atomic mass is 10.1. The second kappa shape index (κ2) is 7.39. The van der Waals surface area contributed by atoms with E-state index in [2.05, 4.69) is 42.3 Å². The summed E-state index contributed by atoms with van der Waals surface area (Å²) in [5.74, 6) is 0. The number of aromatic nitrogens is 6. The quantitative estimate of drug-likeness (QED) is 0.491. The molecule has 0 saturated carbocycles. The van der Waals surface area contributed by atoms with E-state index < -0.39 is 0 Å². The minimum Gasteiger partial charge on any atom is -0.397 e. The largest absolute Gasteiger partial charge is 0.397 e. The van der Waals surface area contributed by atoms with Crippen LogP contribution in [0.1, 0.15) is 0 Å². The molecule has 3 heterocycles. The molecule has 152 valence electrons. The maximum Gasteiger partial charge on any atom is 0.123 e. The number of nitrogen functional groups attached to an aromatic ring is 2. The third-order valence-corrected chi connectivity index (χ3v) is 5.42. The van der Waals surface area contributed by atoms with Crippen molar-refractivity contribution < 1.29 is 0 Å². The van der Waals surface area contributed by atoms with Crippen LogP contribution in [0.5, 0.6) is 0 Å². The highest BCUT2D eigenvalue weighted by Gasteiger charge is 2.21. The van der Waals surface area contributed by atoms with Crippen molar-refractivity contribution in [3.8, 4) is 11.4 Å². The summed E-state index contributed by atoms with van der Waals surface area (Å²) in [5.41, 5.74) is 18.2. The summed E-state index contributed by atoms with van der Waals surface area (Å²) in [4.78, 5) is 4.62. The van der Waals surface area contributed by atoms with Gasteiger partial charge in [-0.25, -0.2) is 0 Å². The van der Waals surface area contributed by atoms with E-state index >= 15 is 0 Å². The molecule has 1 saturated heterocycles. The molecule has 4 aromatic rings. The molecule has 0 spiro atoms. The zero-order valence-electron chi connectivity index (χ0n) is 16.3. The molecule has 5 rings (SSSR count). The van der Waals surface area contributed by atoms with Crippen LogP contribution in [0.15, 0.2) is 61.7 Å². The molecule has 0 bridgehead atoms. The average Bonchev–Trinajstić information content (AvgIpc) is 3.48. The van der Waals surface area contributed by atoms with Crippen molar-refractivity contribution in [1.29, 1.82) is 0 Å². The van der Waals surface area contributed by atoms with E-state index in [1.54, 1.807) is 25.3 Å². The maximum atomic E-state index is 6.35. The summed E-state index contributed by atoms with van der Waals surface area (Å²) in [7, 11) is 0. The van der Waals surface area contributed by atoms with Crippen LogP contribution in [0.3, 0.4) is 0 Å². The van der Waals surface area contributed by atoms with Crippen LogP contribution in [0.4, 0.5) is 22.7 Å². The SMILES string of the molecule is Nc1cc(-n2cnnc2)ccc1N1CCN(c2ccc(-n3cnnc3)cc2N)CC1. The minimum atomic E-state index is 0.743. The third kappa shape index (κ3) is 3.28. The molecule has 10 heteroatoms. The fourth-order valence-electron chi connectivity index (χ4n) is 3.84. The van der Waals surface area contributed by atoms with Crippen LogP contribution in [0.25, 0.3) is 11.4 Å². The molecule has 2 aromatic carbocycles. The van der Waals surface area contributed by atoms with Gasteiger partial charge in [-0.15, -0.1) is 20.4 Å². The number of hydrogen-bond acceptors (Lipinski definition) is 8. The number of benzene rings is 2. The second-order valence-electron chi connectivity index (χ2n) is 7.20. The van der Waals surface area contributed by atoms with E-state index in [1.807, 2.05) is 33.4 Å². The van der Waals surface area contributed by atoms with Crippen molar-refractivity contribution in [3.05, 3.63) is 61.7 Å². The van der Waals surface area contributed by atoms with Gasteiger partial charge in [0.05, 0.1) is 34.1 Å². The minimum absolute atomic E-state index is 0.743. The van der Waals surface area contributed by atoms with Crippen molar-refractivity contribution in [2.45, 2.75) is 0 Å². The Hall–Kier alpha value is -4.08. The molecule has 1 aliphatic heterocycles. The highest BCUT2D eigenvalue weighted by Crippen LogP contribution is 2.30. The molecule has 4 N–H and O–H groups in total. The lowest BCUT2D eigenvalue weighted by molar-refractivity contribution is 0.654. The zero-order chi connectivity index (χ0) is 20.5. The van der Waals surface area contributed by atoms with Crippen LogP contribution in [0.2, 0.25) is 0 Å². The lowest BCUT2D eigenvalue weighted by Crippen LogP contribution is -2.47. The van der Waals surface area contributed by atoms with Crippen LogP contribution in [-0.2, 0) is 0 Å². The van der Waals surface area contributed by atoms with Gasteiger partial charge >= 0.3 is 0 Å². The second-order valence-corrected chi connectivity index (χ2v) is 7.20. The number of nitrogens with two attached hydrogens (primary N) is 2.